The molecule has 0 unspecified atom stereocenters. The Morgan fingerprint density at radius 2 is 1.71 bits per heavy atom. The van der Waals surface area contributed by atoms with Gasteiger partial charge in [0.1, 0.15) is 11.4 Å². The second kappa shape index (κ2) is 8.45. The number of para-hydroxylation sites is 2. The molecular formula is C22H18N4OS. The molecule has 0 aliphatic rings. The van der Waals surface area contributed by atoms with Gasteiger partial charge in [0, 0.05) is 4.88 Å². The van der Waals surface area contributed by atoms with Crippen LogP contribution in [0.15, 0.2) is 71.1 Å². The molecular weight excluding hydrogens is 368 g/mol. The molecule has 0 saturated heterocycles. The standard InChI is InChI=1S/C22H18N4OS/c1-27-17-10-8-16(9-11-17)15-23-26-22-21(13-12-18-5-4-14-28-18)24-19-6-2-3-7-20(19)25-22/h2-15H,1H3,(H,25,26). The lowest BCUT2D eigenvalue weighted by Gasteiger charge is -2.06. The molecule has 28 heavy (non-hydrogen) atoms. The van der Waals surface area contributed by atoms with Crippen molar-refractivity contribution in [3.05, 3.63) is 82.2 Å². The Labute approximate surface area is 167 Å². The molecule has 0 aliphatic carbocycles. The molecule has 5 nitrogen and oxygen atoms in total. The van der Waals surface area contributed by atoms with Gasteiger partial charge in [0.05, 0.1) is 24.4 Å². The molecule has 4 aromatic rings. The van der Waals surface area contributed by atoms with Crippen LogP contribution >= 0.6 is 11.3 Å². The molecule has 0 radical (unpaired) electrons. The number of rotatable bonds is 6. The zero-order valence-electron chi connectivity index (χ0n) is 15.2. The highest BCUT2D eigenvalue weighted by Crippen LogP contribution is 2.20. The molecule has 2 heterocycles. The maximum Gasteiger partial charge on any atom is 0.173 e. The van der Waals surface area contributed by atoms with Crippen molar-refractivity contribution < 1.29 is 4.74 Å². The fraction of sp³-hybridized carbons (Fsp3) is 0.0455. The van der Waals surface area contributed by atoms with Crippen molar-refractivity contribution in [2.75, 3.05) is 12.5 Å². The van der Waals surface area contributed by atoms with Crippen LogP contribution in [0.4, 0.5) is 5.82 Å². The predicted molar refractivity (Wildman–Crippen MR) is 117 cm³/mol. The molecule has 138 valence electrons. The van der Waals surface area contributed by atoms with Gasteiger partial charge >= 0.3 is 0 Å². The topological polar surface area (TPSA) is 59.4 Å². The molecule has 0 amide bonds. The lowest BCUT2D eigenvalue weighted by molar-refractivity contribution is 0.415. The van der Waals surface area contributed by atoms with Crippen molar-refractivity contribution in [3.8, 4) is 5.75 Å². The van der Waals surface area contributed by atoms with Crippen LogP contribution in [-0.4, -0.2) is 23.3 Å². The van der Waals surface area contributed by atoms with E-state index in [1.54, 1.807) is 24.7 Å². The van der Waals surface area contributed by atoms with Gasteiger partial charge in [0.15, 0.2) is 5.82 Å². The zero-order chi connectivity index (χ0) is 19.2. The van der Waals surface area contributed by atoms with E-state index in [4.69, 9.17) is 9.72 Å². The van der Waals surface area contributed by atoms with Crippen molar-refractivity contribution >= 4 is 46.6 Å². The number of thiophene rings is 1. The Balaban J connectivity index is 1.61. The van der Waals surface area contributed by atoms with Crippen LogP contribution in [0.3, 0.4) is 0 Å². The van der Waals surface area contributed by atoms with E-state index in [9.17, 15) is 0 Å². The van der Waals surface area contributed by atoms with E-state index in [-0.39, 0.29) is 0 Å². The Morgan fingerprint density at radius 1 is 0.929 bits per heavy atom. The van der Waals surface area contributed by atoms with Gasteiger partial charge < -0.3 is 4.74 Å². The molecule has 0 atom stereocenters. The van der Waals surface area contributed by atoms with Crippen molar-refractivity contribution in [1.29, 1.82) is 0 Å². The summed E-state index contributed by atoms with van der Waals surface area (Å²) in [6, 6.07) is 19.5. The summed E-state index contributed by atoms with van der Waals surface area (Å²) in [4.78, 5) is 10.6. The van der Waals surface area contributed by atoms with Crippen molar-refractivity contribution in [2.24, 2.45) is 5.10 Å². The highest BCUT2D eigenvalue weighted by molar-refractivity contribution is 7.10. The lowest BCUT2D eigenvalue weighted by Crippen LogP contribution is -1.99. The molecule has 0 fully saturated rings. The minimum absolute atomic E-state index is 0.608. The van der Waals surface area contributed by atoms with Gasteiger partial charge in [-0.2, -0.15) is 5.10 Å². The van der Waals surface area contributed by atoms with Gasteiger partial charge in [-0.15, -0.1) is 11.3 Å². The number of methoxy groups -OCH3 is 1. The monoisotopic (exact) mass is 386 g/mol. The Hall–Kier alpha value is -3.51. The number of ether oxygens (including phenoxy) is 1. The smallest absolute Gasteiger partial charge is 0.173 e. The van der Waals surface area contributed by atoms with Crippen LogP contribution in [0.5, 0.6) is 5.75 Å². The van der Waals surface area contributed by atoms with Gasteiger partial charge in [-0.1, -0.05) is 18.2 Å². The van der Waals surface area contributed by atoms with Gasteiger partial charge in [0.2, 0.25) is 0 Å². The highest BCUT2D eigenvalue weighted by atomic mass is 32.1. The second-order valence-electron chi connectivity index (χ2n) is 5.94. The molecule has 0 aliphatic heterocycles. The third-order valence-corrected chi connectivity index (χ3v) is 4.88. The third kappa shape index (κ3) is 4.24. The summed E-state index contributed by atoms with van der Waals surface area (Å²) >= 11 is 1.67. The number of hydrogen-bond acceptors (Lipinski definition) is 6. The van der Waals surface area contributed by atoms with E-state index in [1.807, 2.05) is 72.1 Å². The second-order valence-corrected chi connectivity index (χ2v) is 6.92. The molecule has 0 spiro atoms. The Kier molecular flexibility index (Phi) is 5.40. The van der Waals surface area contributed by atoms with Crippen LogP contribution in [0.1, 0.15) is 16.1 Å². The fourth-order valence-electron chi connectivity index (χ4n) is 2.62. The number of nitrogens with zero attached hydrogens (tertiary/aromatic N) is 3. The van der Waals surface area contributed by atoms with E-state index < -0.39 is 0 Å². The number of nitrogens with one attached hydrogen (secondary N) is 1. The first-order valence-corrected chi connectivity index (χ1v) is 9.61. The number of fused-ring (bicyclic) bond motifs is 1. The highest BCUT2D eigenvalue weighted by Gasteiger charge is 2.06. The van der Waals surface area contributed by atoms with Crippen molar-refractivity contribution in [3.63, 3.8) is 0 Å². The third-order valence-electron chi connectivity index (χ3n) is 4.05. The minimum Gasteiger partial charge on any atom is -0.497 e. The summed E-state index contributed by atoms with van der Waals surface area (Å²) < 4.78 is 5.17. The average Bonchev–Trinajstić information content (AvgIpc) is 3.26. The molecule has 6 heteroatoms. The molecule has 1 N–H and O–H groups in total. The maximum absolute atomic E-state index is 5.17. The lowest BCUT2D eigenvalue weighted by atomic mass is 10.2. The van der Waals surface area contributed by atoms with E-state index in [0.29, 0.717) is 5.82 Å². The largest absolute Gasteiger partial charge is 0.497 e. The van der Waals surface area contributed by atoms with Gasteiger partial charge in [-0.05, 0) is 65.6 Å². The van der Waals surface area contributed by atoms with E-state index >= 15 is 0 Å². The fourth-order valence-corrected chi connectivity index (χ4v) is 3.24. The number of aromatic nitrogens is 2. The van der Waals surface area contributed by atoms with Gasteiger partial charge in [-0.25, -0.2) is 9.97 Å². The molecule has 0 bridgehead atoms. The number of benzene rings is 2. The summed E-state index contributed by atoms with van der Waals surface area (Å²) in [7, 11) is 1.65. The SMILES string of the molecule is COc1ccc(C=NNc2nc3ccccc3nc2C=Cc2cccs2)cc1. The zero-order valence-corrected chi connectivity index (χ0v) is 16.1. The summed E-state index contributed by atoms with van der Waals surface area (Å²) in [5, 5.41) is 6.38. The molecule has 4 rings (SSSR count). The maximum atomic E-state index is 5.17. The molecule has 2 aromatic heterocycles. The van der Waals surface area contributed by atoms with Crippen LogP contribution in [-0.2, 0) is 0 Å². The van der Waals surface area contributed by atoms with E-state index in [2.05, 4.69) is 21.6 Å². The first-order chi connectivity index (χ1) is 13.8. The predicted octanol–water partition coefficient (Wildman–Crippen LogP) is 5.32. The number of hydrogen-bond donors (Lipinski definition) is 1. The quantitative estimate of drug-likeness (QED) is 0.360. The Bertz CT molecular complexity index is 1120. The normalized spacial score (nSPS) is 11.5. The van der Waals surface area contributed by atoms with E-state index in [0.717, 1.165) is 32.9 Å². The number of hydrazone groups is 1. The summed E-state index contributed by atoms with van der Waals surface area (Å²) in [5.41, 5.74) is 6.38. The number of anilines is 1. The van der Waals surface area contributed by atoms with Crippen LogP contribution in [0.25, 0.3) is 23.2 Å². The first kappa shape index (κ1) is 17.9. The average molecular weight is 386 g/mol. The van der Waals surface area contributed by atoms with E-state index in [1.165, 1.54) is 0 Å². The minimum atomic E-state index is 0.608. The van der Waals surface area contributed by atoms with Gasteiger partial charge in [-0.3, -0.25) is 5.43 Å². The summed E-state index contributed by atoms with van der Waals surface area (Å²) in [5.74, 6) is 1.42. The summed E-state index contributed by atoms with van der Waals surface area (Å²) in [6.45, 7) is 0. The van der Waals surface area contributed by atoms with Crippen LogP contribution in [0.2, 0.25) is 0 Å². The summed E-state index contributed by atoms with van der Waals surface area (Å²) in [6.07, 6.45) is 5.72. The van der Waals surface area contributed by atoms with Gasteiger partial charge in [0.25, 0.3) is 0 Å². The Morgan fingerprint density at radius 3 is 2.43 bits per heavy atom. The van der Waals surface area contributed by atoms with Crippen molar-refractivity contribution in [2.45, 2.75) is 0 Å². The van der Waals surface area contributed by atoms with Crippen LogP contribution < -0.4 is 10.2 Å². The molecule has 0 saturated carbocycles. The first-order valence-electron chi connectivity index (χ1n) is 8.73. The van der Waals surface area contributed by atoms with Crippen LogP contribution in [0, 0.1) is 0 Å². The molecule has 2 aromatic carbocycles. The van der Waals surface area contributed by atoms with Crippen molar-refractivity contribution in [1.82, 2.24) is 9.97 Å².